The number of amides is 1. The van der Waals surface area contributed by atoms with Crippen LogP contribution in [-0.2, 0) is 4.79 Å². The van der Waals surface area contributed by atoms with Crippen molar-refractivity contribution in [2.75, 3.05) is 17.8 Å². The maximum atomic E-state index is 13.0. The summed E-state index contributed by atoms with van der Waals surface area (Å²) in [4.78, 5) is 30.3. The SMILES string of the molecule is CCSc1n[n+]2c(c(=O)[nH]1)-c1ccccc1N(C(C)=O)[C@@H]2c1cccc(OC)c1. The highest BCUT2D eigenvalue weighted by atomic mass is 32.2. The Morgan fingerprint density at radius 1 is 1.28 bits per heavy atom. The van der Waals surface area contributed by atoms with E-state index in [4.69, 9.17) is 9.84 Å². The van der Waals surface area contributed by atoms with E-state index in [0.717, 1.165) is 11.3 Å². The molecule has 2 heterocycles. The van der Waals surface area contributed by atoms with Crippen LogP contribution in [0.3, 0.4) is 0 Å². The molecule has 29 heavy (non-hydrogen) atoms. The first-order valence-corrected chi connectivity index (χ1v) is 10.3. The topological polar surface area (TPSA) is 79.2 Å². The molecule has 0 fully saturated rings. The van der Waals surface area contributed by atoms with Crippen molar-refractivity contribution >= 4 is 23.4 Å². The van der Waals surface area contributed by atoms with E-state index in [1.165, 1.54) is 18.7 Å². The van der Waals surface area contributed by atoms with Crippen LogP contribution in [0, 0.1) is 0 Å². The Kier molecular flexibility index (Phi) is 5.10. The molecule has 7 nitrogen and oxygen atoms in total. The lowest BCUT2D eigenvalue weighted by atomic mass is 10.0. The maximum absolute atomic E-state index is 13.0. The standard InChI is InChI=1S/C21H20N4O3S/c1-4-29-21-22-19(27)18-16-10-5-6-11-17(16)24(13(2)26)20(25(18)23-21)14-8-7-9-15(12-14)28-3/h5-12,20H,4H2,1-3H3/p+1/t20-/m0/s1. The van der Waals surface area contributed by atoms with Gasteiger partial charge in [-0.3, -0.25) is 14.6 Å². The van der Waals surface area contributed by atoms with Crippen LogP contribution in [0.25, 0.3) is 11.3 Å². The van der Waals surface area contributed by atoms with Crippen molar-refractivity contribution in [1.29, 1.82) is 0 Å². The van der Waals surface area contributed by atoms with Gasteiger partial charge in [-0.2, -0.15) is 0 Å². The molecule has 1 amide bonds. The second-order valence-electron chi connectivity index (χ2n) is 6.54. The summed E-state index contributed by atoms with van der Waals surface area (Å²) in [6.45, 7) is 3.51. The normalized spacial score (nSPS) is 14.9. The number of carbonyl (C=O) groups excluding carboxylic acids is 1. The number of benzene rings is 2. The van der Waals surface area contributed by atoms with Crippen LogP contribution in [0.5, 0.6) is 5.75 Å². The Morgan fingerprint density at radius 2 is 2.07 bits per heavy atom. The summed E-state index contributed by atoms with van der Waals surface area (Å²) in [5.41, 5.74) is 2.33. The number of rotatable bonds is 4. The van der Waals surface area contributed by atoms with Gasteiger partial charge in [0.2, 0.25) is 11.1 Å². The van der Waals surface area contributed by atoms with Crippen molar-refractivity contribution < 1.29 is 14.2 Å². The molecule has 148 valence electrons. The van der Waals surface area contributed by atoms with Gasteiger partial charge in [-0.25, -0.2) is 4.90 Å². The molecule has 0 saturated carbocycles. The fraction of sp³-hybridized carbons (Fsp3) is 0.238. The zero-order valence-electron chi connectivity index (χ0n) is 16.4. The van der Waals surface area contributed by atoms with Gasteiger partial charge in [0.15, 0.2) is 0 Å². The molecule has 0 saturated heterocycles. The third-order valence-corrected chi connectivity index (χ3v) is 5.52. The van der Waals surface area contributed by atoms with E-state index < -0.39 is 6.17 Å². The van der Waals surface area contributed by atoms with Gasteiger partial charge in [0.1, 0.15) is 5.75 Å². The number of methoxy groups -OCH3 is 1. The first-order valence-electron chi connectivity index (χ1n) is 9.27. The van der Waals surface area contributed by atoms with Crippen LogP contribution >= 0.6 is 11.8 Å². The number of thioether (sulfide) groups is 1. The largest absolute Gasteiger partial charge is 0.497 e. The Balaban J connectivity index is 2.06. The number of hydrogen-bond donors (Lipinski definition) is 1. The third kappa shape index (κ3) is 3.29. The summed E-state index contributed by atoms with van der Waals surface area (Å²) in [6, 6.07) is 14.9. The number of hydrogen-bond acceptors (Lipinski definition) is 5. The number of fused-ring (bicyclic) bond motifs is 3. The smallest absolute Gasteiger partial charge is 0.325 e. The fourth-order valence-electron chi connectivity index (χ4n) is 3.62. The molecule has 1 aromatic heterocycles. The quantitative estimate of drug-likeness (QED) is 0.530. The number of nitrogens with one attached hydrogen (secondary N) is 1. The number of aromatic nitrogens is 3. The molecule has 0 spiro atoms. The third-order valence-electron chi connectivity index (χ3n) is 4.77. The Morgan fingerprint density at radius 3 is 2.79 bits per heavy atom. The zero-order valence-corrected chi connectivity index (χ0v) is 17.2. The number of carbonyl (C=O) groups is 1. The minimum atomic E-state index is -0.606. The number of nitrogens with zero attached hydrogens (tertiary/aromatic N) is 3. The molecular weight excluding hydrogens is 388 g/mol. The van der Waals surface area contributed by atoms with Crippen molar-refractivity contribution in [2.24, 2.45) is 0 Å². The van der Waals surface area contributed by atoms with Gasteiger partial charge >= 0.3 is 11.3 Å². The number of ether oxygens (including phenoxy) is 1. The zero-order chi connectivity index (χ0) is 20.5. The Hall–Kier alpha value is -3.13. The van der Waals surface area contributed by atoms with Gasteiger partial charge in [-0.1, -0.05) is 36.9 Å². The molecule has 3 aromatic rings. The van der Waals surface area contributed by atoms with Crippen LogP contribution in [0.2, 0.25) is 0 Å². The van der Waals surface area contributed by atoms with Gasteiger partial charge in [0.05, 0.1) is 18.4 Å². The number of anilines is 1. The molecule has 1 N–H and O–H groups in total. The first-order chi connectivity index (χ1) is 14.0. The molecule has 4 rings (SSSR count). The Bertz CT molecular complexity index is 1140. The predicted molar refractivity (Wildman–Crippen MR) is 111 cm³/mol. The summed E-state index contributed by atoms with van der Waals surface area (Å²) in [6.07, 6.45) is -0.606. The van der Waals surface area contributed by atoms with Gasteiger partial charge in [0, 0.05) is 17.6 Å². The minimum absolute atomic E-state index is 0.143. The van der Waals surface area contributed by atoms with E-state index in [-0.39, 0.29) is 11.5 Å². The summed E-state index contributed by atoms with van der Waals surface area (Å²) >= 11 is 1.44. The van der Waals surface area contributed by atoms with Crippen molar-refractivity contribution in [3.8, 4) is 17.0 Å². The molecule has 1 aliphatic rings. The van der Waals surface area contributed by atoms with E-state index in [1.807, 2.05) is 55.5 Å². The minimum Gasteiger partial charge on any atom is -0.497 e. The van der Waals surface area contributed by atoms with Crippen LogP contribution in [-0.4, -0.2) is 28.9 Å². The molecular formula is C21H21N4O3S+. The van der Waals surface area contributed by atoms with Gasteiger partial charge < -0.3 is 4.74 Å². The van der Waals surface area contributed by atoms with Gasteiger partial charge in [0.25, 0.3) is 6.17 Å². The van der Waals surface area contributed by atoms with Crippen molar-refractivity contribution in [3.63, 3.8) is 0 Å². The molecule has 0 aliphatic carbocycles. The lowest BCUT2D eigenvalue weighted by molar-refractivity contribution is -0.763. The average molecular weight is 409 g/mol. The van der Waals surface area contributed by atoms with E-state index in [2.05, 4.69) is 4.98 Å². The first kappa shape index (κ1) is 19.2. The predicted octanol–water partition coefficient (Wildman–Crippen LogP) is 2.76. The summed E-state index contributed by atoms with van der Waals surface area (Å²) in [7, 11) is 1.60. The summed E-state index contributed by atoms with van der Waals surface area (Å²) < 4.78 is 7.03. The summed E-state index contributed by atoms with van der Waals surface area (Å²) in [5.74, 6) is 1.29. The van der Waals surface area contributed by atoms with E-state index in [1.54, 1.807) is 16.7 Å². The molecule has 1 aliphatic heterocycles. The fourth-order valence-corrected chi connectivity index (χ4v) is 4.20. The monoisotopic (exact) mass is 409 g/mol. The van der Waals surface area contributed by atoms with Gasteiger partial charge in [-0.15, -0.1) is 0 Å². The second kappa shape index (κ2) is 7.71. The van der Waals surface area contributed by atoms with Crippen molar-refractivity contribution in [1.82, 2.24) is 10.1 Å². The number of aromatic amines is 1. The highest BCUT2D eigenvalue weighted by Crippen LogP contribution is 2.37. The molecule has 0 bridgehead atoms. The van der Waals surface area contributed by atoms with Crippen LogP contribution in [0.15, 0.2) is 58.5 Å². The summed E-state index contributed by atoms with van der Waals surface area (Å²) in [5, 5.41) is 5.21. The molecule has 0 unspecified atom stereocenters. The van der Waals surface area contributed by atoms with Crippen molar-refractivity contribution in [2.45, 2.75) is 25.2 Å². The van der Waals surface area contributed by atoms with Gasteiger partial charge in [-0.05, 0) is 40.8 Å². The van der Waals surface area contributed by atoms with Crippen molar-refractivity contribution in [3.05, 3.63) is 64.4 Å². The number of para-hydroxylation sites is 1. The second-order valence-corrected chi connectivity index (χ2v) is 7.79. The molecule has 2 aromatic carbocycles. The molecule has 0 radical (unpaired) electrons. The van der Waals surface area contributed by atoms with E-state index in [9.17, 15) is 9.59 Å². The lowest BCUT2D eigenvalue weighted by Gasteiger charge is -2.31. The highest BCUT2D eigenvalue weighted by Gasteiger charge is 2.44. The lowest BCUT2D eigenvalue weighted by Crippen LogP contribution is -2.60. The molecule has 8 heteroatoms. The highest BCUT2D eigenvalue weighted by molar-refractivity contribution is 7.99. The average Bonchev–Trinajstić information content (AvgIpc) is 2.72. The Labute approximate surface area is 172 Å². The van der Waals surface area contributed by atoms with Crippen LogP contribution in [0.1, 0.15) is 25.6 Å². The molecule has 1 atom stereocenters. The van der Waals surface area contributed by atoms with Crippen LogP contribution < -0.4 is 19.9 Å². The van der Waals surface area contributed by atoms with Crippen LogP contribution in [0.4, 0.5) is 5.69 Å². The number of H-pyrrole nitrogens is 1. The maximum Gasteiger partial charge on any atom is 0.325 e. The van der Waals surface area contributed by atoms with E-state index >= 15 is 0 Å². The van der Waals surface area contributed by atoms with E-state index in [0.29, 0.717) is 27.9 Å².